The molecule has 1 aromatic heterocycles. The van der Waals surface area contributed by atoms with Crippen molar-refractivity contribution < 1.29 is 0 Å². The van der Waals surface area contributed by atoms with E-state index in [2.05, 4.69) is 47.9 Å². The van der Waals surface area contributed by atoms with Gasteiger partial charge in [-0.3, -0.25) is 0 Å². The first-order valence-electron chi connectivity index (χ1n) is 6.36. The van der Waals surface area contributed by atoms with Gasteiger partial charge in [0.05, 0.1) is 0 Å². The lowest BCUT2D eigenvalue weighted by Gasteiger charge is -2.24. The molecule has 0 unspecified atom stereocenters. The zero-order valence-corrected chi connectivity index (χ0v) is 12.8. The van der Waals surface area contributed by atoms with Gasteiger partial charge in [-0.2, -0.15) is 0 Å². The lowest BCUT2D eigenvalue weighted by Crippen LogP contribution is -2.29. The number of hydrogen-bond acceptors (Lipinski definition) is 4. The quantitative estimate of drug-likeness (QED) is 0.795. The van der Waals surface area contributed by atoms with E-state index in [4.69, 9.17) is 11.6 Å². The predicted octanol–water partition coefficient (Wildman–Crippen LogP) is 2.52. The van der Waals surface area contributed by atoms with Gasteiger partial charge >= 0.3 is 0 Å². The SMILES string of the molecule is CCN(CCCN(C)C)c1nnc(Cl)c(C)c1C. The minimum absolute atomic E-state index is 0.501. The highest BCUT2D eigenvalue weighted by Gasteiger charge is 2.13. The second-order valence-corrected chi connectivity index (χ2v) is 5.16. The van der Waals surface area contributed by atoms with Gasteiger partial charge in [-0.1, -0.05) is 11.6 Å². The van der Waals surface area contributed by atoms with Crippen molar-refractivity contribution in [2.45, 2.75) is 27.2 Å². The van der Waals surface area contributed by atoms with E-state index in [0.29, 0.717) is 5.15 Å². The van der Waals surface area contributed by atoms with E-state index >= 15 is 0 Å². The highest BCUT2D eigenvalue weighted by Crippen LogP contribution is 2.23. The Morgan fingerprint density at radius 3 is 2.28 bits per heavy atom. The van der Waals surface area contributed by atoms with Crippen LogP contribution in [-0.4, -0.2) is 48.8 Å². The van der Waals surface area contributed by atoms with Crippen molar-refractivity contribution in [2.75, 3.05) is 38.6 Å². The summed E-state index contributed by atoms with van der Waals surface area (Å²) in [6.45, 7) is 9.19. The summed E-state index contributed by atoms with van der Waals surface area (Å²) >= 11 is 5.98. The molecule has 5 heteroatoms. The van der Waals surface area contributed by atoms with Gasteiger partial charge in [0.15, 0.2) is 11.0 Å². The monoisotopic (exact) mass is 270 g/mol. The molecule has 18 heavy (non-hydrogen) atoms. The summed E-state index contributed by atoms with van der Waals surface area (Å²) < 4.78 is 0. The standard InChI is InChI=1S/C13H23ClN4/c1-6-18(9-7-8-17(4)5)13-11(3)10(2)12(14)15-16-13/h6-9H2,1-5H3. The molecule has 0 atom stereocenters. The van der Waals surface area contributed by atoms with E-state index in [-0.39, 0.29) is 0 Å². The van der Waals surface area contributed by atoms with Gasteiger partial charge in [-0.05, 0) is 59.0 Å². The van der Waals surface area contributed by atoms with Crippen molar-refractivity contribution in [3.8, 4) is 0 Å². The van der Waals surface area contributed by atoms with E-state index < -0.39 is 0 Å². The van der Waals surface area contributed by atoms with Crippen molar-refractivity contribution in [3.05, 3.63) is 16.3 Å². The average molecular weight is 271 g/mol. The molecule has 0 aromatic carbocycles. The second-order valence-electron chi connectivity index (χ2n) is 4.80. The summed E-state index contributed by atoms with van der Waals surface area (Å²) in [5.41, 5.74) is 2.15. The Labute approximate surface area is 115 Å². The molecule has 0 saturated heterocycles. The van der Waals surface area contributed by atoms with Crippen LogP contribution in [-0.2, 0) is 0 Å². The molecular weight excluding hydrogens is 248 g/mol. The summed E-state index contributed by atoms with van der Waals surface area (Å²) in [4.78, 5) is 4.45. The maximum absolute atomic E-state index is 5.98. The topological polar surface area (TPSA) is 32.3 Å². The molecule has 0 N–H and O–H groups in total. The normalized spacial score (nSPS) is 11.1. The van der Waals surface area contributed by atoms with Crippen molar-refractivity contribution >= 4 is 17.4 Å². The fourth-order valence-corrected chi connectivity index (χ4v) is 2.04. The zero-order valence-electron chi connectivity index (χ0n) is 12.0. The maximum atomic E-state index is 5.98. The summed E-state index contributed by atoms with van der Waals surface area (Å²) in [7, 11) is 4.18. The van der Waals surface area contributed by atoms with Crippen LogP contribution in [0.4, 0.5) is 5.82 Å². The Balaban J connectivity index is 2.79. The van der Waals surface area contributed by atoms with Crippen LogP contribution in [0.3, 0.4) is 0 Å². The average Bonchev–Trinajstić information content (AvgIpc) is 2.33. The molecule has 0 saturated carbocycles. The number of aromatic nitrogens is 2. The third kappa shape index (κ3) is 3.82. The first-order valence-corrected chi connectivity index (χ1v) is 6.74. The molecule has 4 nitrogen and oxygen atoms in total. The van der Waals surface area contributed by atoms with Crippen molar-refractivity contribution in [2.24, 2.45) is 0 Å². The van der Waals surface area contributed by atoms with Gasteiger partial charge < -0.3 is 9.80 Å². The second kappa shape index (κ2) is 6.90. The lowest BCUT2D eigenvalue weighted by atomic mass is 10.2. The summed E-state index contributed by atoms with van der Waals surface area (Å²) in [6.07, 6.45) is 1.11. The van der Waals surface area contributed by atoms with Gasteiger partial charge in [0.1, 0.15) is 0 Å². The van der Waals surface area contributed by atoms with Crippen molar-refractivity contribution in [1.29, 1.82) is 0 Å². The zero-order chi connectivity index (χ0) is 13.7. The van der Waals surface area contributed by atoms with E-state index in [1.807, 2.05) is 6.92 Å². The molecule has 0 aliphatic rings. The summed E-state index contributed by atoms with van der Waals surface area (Å²) in [5, 5.41) is 8.75. The van der Waals surface area contributed by atoms with Gasteiger partial charge in [0.25, 0.3) is 0 Å². The van der Waals surface area contributed by atoms with E-state index in [1.54, 1.807) is 0 Å². The molecule has 1 heterocycles. The van der Waals surface area contributed by atoms with Gasteiger partial charge in [-0.25, -0.2) is 0 Å². The third-order valence-electron chi connectivity index (χ3n) is 3.15. The number of nitrogens with zero attached hydrogens (tertiary/aromatic N) is 4. The van der Waals surface area contributed by atoms with Gasteiger partial charge in [0.2, 0.25) is 0 Å². The van der Waals surface area contributed by atoms with E-state index in [1.165, 1.54) is 0 Å². The molecule has 0 spiro atoms. The van der Waals surface area contributed by atoms with Gasteiger partial charge in [0, 0.05) is 13.1 Å². The molecule has 1 aromatic rings. The number of rotatable bonds is 6. The fraction of sp³-hybridized carbons (Fsp3) is 0.692. The van der Waals surface area contributed by atoms with Crippen LogP contribution in [0.25, 0.3) is 0 Å². The van der Waals surface area contributed by atoms with Crippen LogP contribution in [0.15, 0.2) is 0 Å². The number of halogens is 1. The van der Waals surface area contributed by atoms with Crippen LogP contribution < -0.4 is 4.90 Å². The number of anilines is 1. The maximum Gasteiger partial charge on any atom is 0.155 e. The van der Waals surface area contributed by atoms with Crippen LogP contribution in [0.1, 0.15) is 24.5 Å². The molecule has 102 valence electrons. The number of hydrogen-bond donors (Lipinski definition) is 0. The van der Waals surface area contributed by atoms with Crippen molar-refractivity contribution in [1.82, 2.24) is 15.1 Å². The lowest BCUT2D eigenvalue weighted by molar-refractivity contribution is 0.400. The van der Waals surface area contributed by atoms with E-state index in [0.717, 1.165) is 43.0 Å². The van der Waals surface area contributed by atoms with Crippen LogP contribution in [0.5, 0.6) is 0 Å². The van der Waals surface area contributed by atoms with Crippen LogP contribution in [0, 0.1) is 13.8 Å². The van der Waals surface area contributed by atoms with Gasteiger partial charge in [-0.15, -0.1) is 10.2 Å². The minimum atomic E-state index is 0.501. The Bertz CT molecular complexity index is 393. The molecule has 0 fully saturated rings. The first-order chi connectivity index (χ1) is 8.47. The Kier molecular flexibility index (Phi) is 5.82. The first kappa shape index (κ1) is 15.2. The minimum Gasteiger partial charge on any atom is -0.355 e. The molecule has 1 rings (SSSR count). The molecule has 0 amide bonds. The summed E-state index contributed by atoms with van der Waals surface area (Å²) in [6, 6.07) is 0. The highest BCUT2D eigenvalue weighted by molar-refractivity contribution is 6.30. The molecule has 0 radical (unpaired) electrons. The van der Waals surface area contributed by atoms with Crippen molar-refractivity contribution in [3.63, 3.8) is 0 Å². The molecule has 0 bridgehead atoms. The molecule has 0 aliphatic carbocycles. The summed E-state index contributed by atoms with van der Waals surface area (Å²) in [5.74, 6) is 0.957. The Morgan fingerprint density at radius 1 is 1.06 bits per heavy atom. The molecule has 0 aliphatic heterocycles. The molecular formula is C13H23ClN4. The van der Waals surface area contributed by atoms with E-state index in [9.17, 15) is 0 Å². The smallest absolute Gasteiger partial charge is 0.155 e. The fourth-order valence-electron chi connectivity index (χ4n) is 1.86. The highest BCUT2D eigenvalue weighted by atomic mass is 35.5. The third-order valence-corrected chi connectivity index (χ3v) is 3.51. The predicted molar refractivity (Wildman–Crippen MR) is 77.6 cm³/mol. The van der Waals surface area contributed by atoms with Crippen LogP contribution in [0.2, 0.25) is 5.15 Å². The Hall–Kier alpha value is -0.870. The largest absolute Gasteiger partial charge is 0.355 e. The van der Waals surface area contributed by atoms with Crippen LogP contribution >= 0.6 is 11.6 Å². The Morgan fingerprint density at radius 2 is 1.72 bits per heavy atom.